The Morgan fingerprint density at radius 1 is 0.821 bits per heavy atom. The van der Waals surface area contributed by atoms with Gasteiger partial charge in [-0.2, -0.15) is 0 Å². The van der Waals surface area contributed by atoms with Gasteiger partial charge in [-0.3, -0.25) is 19.4 Å². The maximum atomic E-state index is 6.79. The molecule has 1 fully saturated rings. The zero-order valence-corrected chi connectivity index (χ0v) is 22.7. The van der Waals surface area contributed by atoms with Gasteiger partial charge < -0.3 is 4.90 Å². The number of rotatable bonds is 4. The van der Waals surface area contributed by atoms with Crippen molar-refractivity contribution in [2.75, 3.05) is 18.0 Å². The molecule has 2 aliphatic rings. The van der Waals surface area contributed by atoms with Gasteiger partial charge in [-0.25, -0.2) is 9.97 Å². The minimum Gasteiger partial charge on any atom is -0.355 e. The minimum atomic E-state index is 0.400. The molecule has 39 heavy (non-hydrogen) atoms. The quantitative estimate of drug-likeness (QED) is 0.253. The predicted octanol–water partition coefficient (Wildman–Crippen LogP) is 6.36. The summed E-state index contributed by atoms with van der Waals surface area (Å²) in [5, 5.41) is 0.556. The molecule has 0 unspecified atom stereocenters. The van der Waals surface area contributed by atoms with E-state index in [0.717, 1.165) is 45.5 Å². The standard InChI is InChI=1S/C30H24ClN7S/c31-26-23(7-10-34-27(26)21-17-32-11-12-33-21)39-24-5-6-25-36-28(22-18-35-29(24)38(22)25)37-13-8-30(9-14-37)15-19-3-1-2-4-20(19)16-30/h1-7,10-12,17-18H,8-9,13-16H2. The van der Waals surface area contributed by atoms with Crippen molar-refractivity contribution in [3.05, 3.63) is 89.6 Å². The number of imidazole rings is 2. The number of piperidine rings is 1. The van der Waals surface area contributed by atoms with Crippen LogP contribution in [0.4, 0.5) is 5.82 Å². The third-order valence-corrected chi connectivity index (χ3v) is 9.89. The lowest BCUT2D eigenvalue weighted by Crippen LogP contribution is -2.40. The first-order valence-corrected chi connectivity index (χ1v) is 14.4. The zero-order chi connectivity index (χ0) is 26.0. The van der Waals surface area contributed by atoms with Crippen molar-refractivity contribution in [1.82, 2.24) is 29.3 Å². The van der Waals surface area contributed by atoms with E-state index in [0.29, 0.717) is 21.8 Å². The molecule has 6 aromatic rings. The van der Waals surface area contributed by atoms with Gasteiger partial charge in [-0.1, -0.05) is 47.6 Å². The predicted molar refractivity (Wildman–Crippen MR) is 154 cm³/mol. The van der Waals surface area contributed by atoms with Gasteiger partial charge in [0, 0.05) is 36.6 Å². The van der Waals surface area contributed by atoms with Gasteiger partial charge in [0.2, 0.25) is 0 Å². The molecule has 1 aliphatic carbocycles. The highest BCUT2D eigenvalue weighted by Gasteiger charge is 2.40. The highest BCUT2D eigenvalue weighted by molar-refractivity contribution is 7.99. The van der Waals surface area contributed by atoms with Gasteiger partial charge in [0.1, 0.15) is 22.6 Å². The molecule has 0 bridgehead atoms. The van der Waals surface area contributed by atoms with Crippen molar-refractivity contribution >= 4 is 46.0 Å². The van der Waals surface area contributed by atoms with Gasteiger partial charge in [0.05, 0.1) is 22.3 Å². The van der Waals surface area contributed by atoms with Gasteiger partial charge in [0.15, 0.2) is 11.5 Å². The van der Waals surface area contributed by atoms with Crippen LogP contribution in [0.25, 0.3) is 28.2 Å². The largest absolute Gasteiger partial charge is 0.355 e. The Bertz CT molecular complexity index is 1800. The van der Waals surface area contributed by atoms with Crippen molar-refractivity contribution in [3.63, 3.8) is 0 Å². The molecule has 0 N–H and O–H groups in total. The molecule has 6 heterocycles. The molecule has 0 atom stereocenters. The van der Waals surface area contributed by atoms with Crippen LogP contribution in [0, 0.1) is 5.41 Å². The number of fused-ring (bicyclic) bond motifs is 1. The first-order valence-electron chi connectivity index (χ1n) is 13.2. The summed E-state index contributed by atoms with van der Waals surface area (Å²) in [6.07, 6.45) is 13.5. The normalized spacial score (nSPS) is 16.5. The van der Waals surface area contributed by atoms with E-state index in [1.54, 1.807) is 36.5 Å². The molecule has 1 aliphatic heterocycles. The van der Waals surface area contributed by atoms with Crippen LogP contribution < -0.4 is 4.90 Å². The average Bonchev–Trinajstić information content (AvgIpc) is 3.67. The molecule has 192 valence electrons. The molecular formula is C30H24ClN7S. The van der Waals surface area contributed by atoms with Crippen LogP contribution in [0.15, 0.2) is 83.2 Å². The lowest BCUT2D eigenvalue weighted by atomic mass is 9.76. The first-order chi connectivity index (χ1) is 19.2. The molecule has 1 spiro atoms. The Hall–Kier alpha value is -3.75. The van der Waals surface area contributed by atoms with E-state index in [-0.39, 0.29) is 0 Å². The summed E-state index contributed by atoms with van der Waals surface area (Å²) < 4.78 is 2.17. The van der Waals surface area contributed by atoms with E-state index in [9.17, 15) is 0 Å². The fraction of sp³-hybridized carbons (Fsp3) is 0.233. The van der Waals surface area contributed by atoms with E-state index in [1.165, 1.54) is 36.8 Å². The first kappa shape index (κ1) is 23.2. The van der Waals surface area contributed by atoms with Crippen molar-refractivity contribution in [1.29, 1.82) is 0 Å². The van der Waals surface area contributed by atoms with Crippen LogP contribution in [-0.4, -0.2) is 42.4 Å². The maximum Gasteiger partial charge on any atom is 0.157 e. The van der Waals surface area contributed by atoms with Gasteiger partial charge in [0.25, 0.3) is 0 Å². The summed E-state index contributed by atoms with van der Waals surface area (Å²) in [6, 6.07) is 15.0. The Balaban J connectivity index is 1.07. The molecular weight excluding hydrogens is 526 g/mol. The molecule has 0 amide bonds. The van der Waals surface area contributed by atoms with Crippen molar-refractivity contribution in [2.24, 2.45) is 5.41 Å². The van der Waals surface area contributed by atoms with Gasteiger partial charge in [-0.05, 0) is 60.4 Å². The van der Waals surface area contributed by atoms with Crippen LogP contribution in [0.1, 0.15) is 24.0 Å². The molecule has 0 radical (unpaired) electrons. The Kier molecular flexibility index (Phi) is 5.28. The van der Waals surface area contributed by atoms with Gasteiger partial charge >= 0.3 is 0 Å². The van der Waals surface area contributed by atoms with E-state index in [2.05, 4.69) is 60.7 Å². The third kappa shape index (κ3) is 3.77. The molecule has 7 nitrogen and oxygen atoms in total. The summed E-state index contributed by atoms with van der Waals surface area (Å²) >= 11 is 8.37. The van der Waals surface area contributed by atoms with Crippen molar-refractivity contribution < 1.29 is 0 Å². The number of pyridine rings is 2. The lowest BCUT2D eigenvalue weighted by Gasteiger charge is -2.39. The summed E-state index contributed by atoms with van der Waals surface area (Å²) in [7, 11) is 0. The number of anilines is 1. The van der Waals surface area contributed by atoms with Crippen LogP contribution in [0.3, 0.4) is 0 Å². The second-order valence-electron chi connectivity index (χ2n) is 10.6. The minimum absolute atomic E-state index is 0.400. The second-order valence-corrected chi connectivity index (χ2v) is 12.0. The maximum absolute atomic E-state index is 6.79. The highest BCUT2D eigenvalue weighted by atomic mass is 35.5. The highest BCUT2D eigenvalue weighted by Crippen LogP contribution is 2.46. The topological polar surface area (TPSA) is 72.1 Å². The number of benzene rings is 1. The Labute approximate surface area is 234 Å². The summed E-state index contributed by atoms with van der Waals surface area (Å²) in [4.78, 5) is 27.2. The summed E-state index contributed by atoms with van der Waals surface area (Å²) in [5.41, 5.74) is 7.62. The number of hydrogen-bond acceptors (Lipinski definition) is 7. The van der Waals surface area contributed by atoms with Crippen LogP contribution in [0.2, 0.25) is 5.02 Å². The number of nitrogens with zero attached hydrogens (tertiary/aromatic N) is 7. The summed E-state index contributed by atoms with van der Waals surface area (Å²) in [5.74, 6) is 1.04. The summed E-state index contributed by atoms with van der Waals surface area (Å²) in [6.45, 7) is 2.04. The number of hydrogen-bond donors (Lipinski definition) is 0. The number of halogens is 1. The second kappa shape index (κ2) is 8.89. The van der Waals surface area contributed by atoms with E-state index < -0.39 is 0 Å². The zero-order valence-electron chi connectivity index (χ0n) is 21.1. The molecule has 8 rings (SSSR count). The monoisotopic (exact) mass is 549 g/mol. The lowest BCUT2D eigenvalue weighted by molar-refractivity contribution is 0.232. The van der Waals surface area contributed by atoms with Crippen molar-refractivity contribution in [3.8, 4) is 11.4 Å². The third-order valence-electron chi connectivity index (χ3n) is 8.30. The van der Waals surface area contributed by atoms with E-state index in [4.69, 9.17) is 21.6 Å². The molecule has 1 aromatic carbocycles. The smallest absolute Gasteiger partial charge is 0.157 e. The van der Waals surface area contributed by atoms with Crippen LogP contribution in [-0.2, 0) is 12.8 Å². The van der Waals surface area contributed by atoms with Crippen molar-refractivity contribution in [2.45, 2.75) is 35.5 Å². The molecule has 5 aromatic heterocycles. The Morgan fingerprint density at radius 3 is 2.41 bits per heavy atom. The molecule has 1 saturated heterocycles. The van der Waals surface area contributed by atoms with Gasteiger partial charge in [-0.15, -0.1) is 0 Å². The number of aromatic nitrogens is 6. The fourth-order valence-electron chi connectivity index (χ4n) is 6.32. The van der Waals surface area contributed by atoms with Crippen LogP contribution >= 0.6 is 23.4 Å². The van der Waals surface area contributed by atoms with E-state index >= 15 is 0 Å². The average molecular weight is 550 g/mol. The van der Waals surface area contributed by atoms with Crippen LogP contribution in [0.5, 0.6) is 0 Å². The Morgan fingerprint density at radius 2 is 1.64 bits per heavy atom. The fourth-order valence-corrected chi connectivity index (χ4v) is 7.57. The molecule has 0 saturated carbocycles. The van der Waals surface area contributed by atoms with E-state index in [1.807, 2.05) is 12.3 Å². The molecule has 9 heteroatoms. The SMILES string of the molecule is Clc1c(Sc2ccc3nc(N4CCC5(CC4)Cc4ccccc4C5)c4cnc2n34)ccnc1-c1cnccn1.